The van der Waals surface area contributed by atoms with Crippen molar-refractivity contribution in [3.05, 3.63) is 149 Å². The van der Waals surface area contributed by atoms with Crippen LogP contribution in [-0.2, 0) is 147 Å². The van der Waals surface area contributed by atoms with E-state index in [1.807, 2.05) is 41.5 Å². The zero-order valence-corrected chi connectivity index (χ0v) is 85.7. The molecule has 26 rings (SSSR count). The zero-order valence-electron chi connectivity index (χ0n) is 79.7. The molecule has 0 amide bonds. The van der Waals surface area contributed by atoms with Crippen molar-refractivity contribution in [1.29, 1.82) is 0 Å². The van der Waals surface area contributed by atoms with E-state index in [4.69, 9.17) is 96.1 Å². The third kappa shape index (κ3) is 26.0. The molecule has 21 aliphatic rings. The SMILES string of the molecule is Cc1ccc(S(=O)(=O)OC[C@@H]2O[C@H]3O[C@@H]4[C@@H](O)[C@H](O)[C@H](O[C@@H]5[C@@H](O)[C@@H](O)[C@H](O[C@@H]6[C@@H](O)[C@H](O)[C@H](O[C@@H]7[C@@H](O)[C@H](O)[C@H](O[C@@H]8[C@@H](O)[C@H](O)[C@H](O[C@@H]9[C@H](O)[C@H](O)[C@H](O[C@@H]2[C@@H](O)[C@@H]3O)O[C@H]9CO[Si](C)(C)C(C)(C)C)O[C@H]8COS(=O)(=O)c2ccc(C)cc2)O[C@H]7CO[Si](C)(C)C(C)(C)C)O[C@H]6COS(=O)(=O)c2ccc(C)cc2)O[C@H]5COS(=O)(=O)c2ccc(C)cc2)O[C@H]4COS(=O)(=O)c2ccc(C)cc2)cc1. The second-order valence-electron chi connectivity index (χ2n) is 39.3. The van der Waals surface area contributed by atoms with E-state index < -0.39 is 363 Å². The molecule has 14 bridgehead atoms. The summed E-state index contributed by atoms with van der Waals surface area (Å²) in [6.45, 7) is 18.8. The lowest BCUT2D eigenvalue weighted by atomic mass is 9.95. The van der Waals surface area contributed by atoms with E-state index in [-0.39, 0.29) is 0 Å². The first-order valence-corrected chi connectivity index (χ1v) is 58.3. The summed E-state index contributed by atoms with van der Waals surface area (Å²) in [6, 6.07) is 25.8. The molecule has 0 unspecified atom stereocenters. The van der Waals surface area contributed by atoms with Gasteiger partial charge < -0.3 is 147 Å². The first-order valence-electron chi connectivity index (χ1n) is 45.5. The Balaban J connectivity index is 0.938. The highest BCUT2D eigenvalue weighted by Crippen LogP contribution is 2.45. The average Bonchev–Trinajstić information content (AvgIpc) is 0.888. The van der Waals surface area contributed by atoms with Gasteiger partial charge in [0.25, 0.3) is 50.6 Å². The summed E-state index contributed by atoms with van der Waals surface area (Å²) >= 11 is 0. The second-order valence-corrected chi connectivity index (χ2v) is 57.0. The Labute approximate surface area is 819 Å². The number of rotatable bonds is 26. The first-order chi connectivity index (χ1) is 65.7. The number of aliphatic hydroxyl groups excluding tert-OH is 14. The summed E-state index contributed by atoms with van der Waals surface area (Å²) in [5.41, 5.74) is 2.98. The Kier molecular flexibility index (Phi) is 36.0. The van der Waals surface area contributed by atoms with Gasteiger partial charge >= 0.3 is 0 Å². The van der Waals surface area contributed by atoms with Crippen molar-refractivity contribution in [2.45, 2.75) is 352 Å². The van der Waals surface area contributed by atoms with Crippen molar-refractivity contribution >= 4 is 67.2 Å². The second kappa shape index (κ2) is 45.0. The van der Waals surface area contributed by atoms with Gasteiger partial charge in [-0.2, -0.15) is 42.1 Å². The number of ether oxygens (including phenoxy) is 14. The Hall–Kier alpha value is -5.12. The van der Waals surface area contributed by atoms with Gasteiger partial charge in [0, 0.05) is 0 Å². The van der Waals surface area contributed by atoms with Crippen molar-refractivity contribution in [2.24, 2.45) is 0 Å². The highest BCUT2D eigenvalue weighted by atomic mass is 32.2. The van der Waals surface area contributed by atoms with Crippen LogP contribution in [0.5, 0.6) is 0 Å². The Morgan fingerprint density at radius 2 is 0.348 bits per heavy atom. The number of hydrogen-bond donors (Lipinski definition) is 14. The van der Waals surface area contributed by atoms with Crippen LogP contribution < -0.4 is 0 Å². The van der Waals surface area contributed by atoms with Crippen LogP contribution in [0.4, 0.5) is 0 Å². The summed E-state index contributed by atoms with van der Waals surface area (Å²) in [7, 11) is -30.8. The van der Waals surface area contributed by atoms with E-state index in [0.717, 1.165) is 24.3 Å². The van der Waals surface area contributed by atoms with Gasteiger partial charge in [-0.3, -0.25) is 20.9 Å². The Morgan fingerprint density at radius 1 is 0.220 bits per heavy atom. The molecule has 0 radical (unpaired) electrons. The number of hydrogen-bond acceptors (Lipinski definition) is 45. The maximum Gasteiger partial charge on any atom is 0.297 e. The van der Waals surface area contributed by atoms with Gasteiger partial charge in [-0.15, -0.1) is 0 Å². The highest BCUT2D eigenvalue weighted by molar-refractivity contribution is 7.87. The molecule has 52 heteroatoms. The van der Waals surface area contributed by atoms with Crippen molar-refractivity contribution in [1.82, 2.24) is 0 Å². The predicted molar refractivity (Wildman–Crippen MR) is 487 cm³/mol. The van der Waals surface area contributed by atoms with E-state index in [0.29, 0.717) is 27.8 Å². The van der Waals surface area contributed by atoms with Gasteiger partial charge in [-0.25, -0.2) is 0 Å². The van der Waals surface area contributed by atoms with Crippen LogP contribution in [-0.4, -0.2) is 391 Å². The molecular formula is C89H128O45S5Si2. The molecule has 21 fully saturated rings. The Morgan fingerprint density at radius 3 is 0.475 bits per heavy atom. The summed E-state index contributed by atoms with van der Waals surface area (Å²) < 4.78 is 272. The quantitative estimate of drug-likeness (QED) is 0.0244. The number of aryl methyl sites for hydroxylation is 5. The molecule has 21 saturated heterocycles. The van der Waals surface area contributed by atoms with E-state index in [1.54, 1.807) is 60.8 Å². The largest absolute Gasteiger partial charge is 0.414 e. The van der Waals surface area contributed by atoms with Crippen LogP contribution in [0.15, 0.2) is 146 Å². The van der Waals surface area contributed by atoms with E-state index in [1.165, 1.54) is 97.1 Å². The molecular weight excluding hydrogens is 2010 g/mol. The molecule has 5 aromatic rings. The molecule has 0 aliphatic carbocycles. The fourth-order valence-corrected chi connectivity index (χ4v) is 22.6. The minimum atomic E-state index is -4.97. The van der Waals surface area contributed by atoms with Crippen LogP contribution in [0.25, 0.3) is 0 Å². The van der Waals surface area contributed by atoms with Crippen molar-refractivity contribution in [3.8, 4) is 0 Å². The molecule has 0 spiro atoms. The monoisotopic (exact) mass is 2130 g/mol. The maximum absolute atomic E-state index is 14.3. The zero-order chi connectivity index (χ0) is 103. The normalized spacial score (nSPS) is 36.6. The van der Waals surface area contributed by atoms with Crippen LogP contribution in [0.3, 0.4) is 0 Å². The molecule has 0 saturated carbocycles. The summed E-state index contributed by atoms with van der Waals surface area (Å²) in [6.07, 6.45) is -82.3. The van der Waals surface area contributed by atoms with Crippen LogP contribution >= 0.6 is 0 Å². The average molecular weight is 2130 g/mol. The first kappa shape index (κ1) is 113. The minimum Gasteiger partial charge on any atom is -0.414 e. The molecule has 792 valence electrons. The molecule has 21 heterocycles. The molecule has 21 aliphatic heterocycles. The molecule has 0 aromatic heterocycles. The molecule has 45 nitrogen and oxygen atoms in total. The molecule has 141 heavy (non-hydrogen) atoms. The predicted octanol–water partition coefficient (Wildman–Crippen LogP) is -0.564. The van der Waals surface area contributed by atoms with Crippen molar-refractivity contribution in [3.63, 3.8) is 0 Å². The van der Waals surface area contributed by atoms with Crippen LogP contribution in [0, 0.1) is 34.6 Å². The third-order valence-corrected chi connectivity index (χ3v) is 42.3. The van der Waals surface area contributed by atoms with Crippen LogP contribution in [0.2, 0.25) is 36.3 Å². The van der Waals surface area contributed by atoms with Gasteiger partial charge in [0.15, 0.2) is 60.7 Å². The smallest absolute Gasteiger partial charge is 0.297 e. The van der Waals surface area contributed by atoms with Gasteiger partial charge in [0.2, 0.25) is 0 Å². The highest BCUT2D eigenvalue weighted by Gasteiger charge is 2.62. The molecule has 5 aromatic carbocycles. The third-order valence-electron chi connectivity index (χ3n) is 26.8. The Bertz CT molecular complexity index is 5400. The van der Waals surface area contributed by atoms with E-state index in [9.17, 15) is 114 Å². The topological polar surface area (TPSA) is 648 Å². The lowest BCUT2D eigenvalue weighted by Gasteiger charge is -2.50. The van der Waals surface area contributed by atoms with Gasteiger partial charge in [-0.1, -0.05) is 130 Å². The molecule has 14 N–H and O–H groups in total. The fourth-order valence-electron chi connectivity index (χ4n) is 16.0. The summed E-state index contributed by atoms with van der Waals surface area (Å²) in [5.74, 6) is 0. The minimum absolute atomic E-state index is 0.415. The standard InChI is InChI=1S/C89H128O45S5Si2/c1-43-16-26-48(27-17-43)135(104,105)114-36-53-74-61(91)68(98)82(122-53)130-76-55(38-116-137(108,109)50-30-20-45(3)21-31-50)124-84(70(100)63(76)93)133-79-58(41-119-140(12,13)88(6,7)8)127-87(73(103)66(79)96)132-78-57(40-118-139(112,113)52-34-24-47(5)25-35-52)125-85(71(101)64(78)94)134-80-59(42-120-141(14,15)89(9,10)11)126-86(72(102)65(80)95)131-77-56(39-117-138(110,111)51-32-22-46(4)23-33-51)123-83(69(99)62(77)92)129-75-54(121-81(128-74)67(97)60(75)90)37-115-136(106,107)49-28-18-44(2)19-29-49/h16-35,53-87,90-103H,36-42H2,1-15H3/t53-,54-,55-,56-,57-,58-,59-,60-,61-,62-,63-,64-,65+,66-,67-,68+,69-,70-,71-,72-,73-,74-,75-,76-,77-,78-,79-,80-,81-,82-,83-,84-,85-,86-,87-/m0/s1. The fraction of sp³-hybridized carbons (Fsp3) is 0.663. The van der Waals surface area contributed by atoms with Gasteiger partial charge in [0.1, 0.15) is 171 Å². The van der Waals surface area contributed by atoms with Gasteiger partial charge in [-0.05, 0) is 132 Å². The maximum atomic E-state index is 14.3. The lowest BCUT2D eigenvalue weighted by Crippen LogP contribution is -2.68. The summed E-state index contributed by atoms with van der Waals surface area (Å²) in [4.78, 5) is -2.27. The lowest BCUT2D eigenvalue weighted by molar-refractivity contribution is -0.395. The van der Waals surface area contributed by atoms with E-state index >= 15 is 0 Å². The van der Waals surface area contributed by atoms with Crippen LogP contribution in [0.1, 0.15) is 69.4 Å². The van der Waals surface area contributed by atoms with Gasteiger partial charge in [0.05, 0.1) is 70.7 Å². The number of aliphatic hydroxyl groups is 14. The number of benzene rings is 5. The summed E-state index contributed by atoms with van der Waals surface area (Å²) in [5, 5.41) is 175. The van der Waals surface area contributed by atoms with E-state index in [2.05, 4.69) is 0 Å². The van der Waals surface area contributed by atoms with Crippen molar-refractivity contribution < 1.29 is 210 Å². The molecule has 35 atom stereocenters. The van der Waals surface area contributed by atoms with Crippen molar-refractivity contribution in [2.75, 3.05) is 46.2 Å².